The van der Waals surface area contributed by atoms with Crippen molar-refractivity contribution < 1.29 is 13.4 Å². The highest BCUT2D eigenvalue weighted by atomic mass is 32.2. The lowest BCUT2D eigenvalue weighted by atomic mass is 9.95. The molecule has 1 aromatic rings. The van der Waals surface area contributed by atoms with E-state index in [9.17, 15) is 9.00 Å². The number of carbonyl (C=O) groups is 1. The summed E-state index contributed by atoms with van der Waals surface area (Å²) >= 11 is 0. The Balaban J connectivity index is 1.96. The molecule has 0 aliphatic heterocycles. The maximum atomic E-state index is 12.1. The van der Waals surface area contributed by atoms with Crippen molar-refractivity contribution in [3.63, 3.8) is 0 Å². The van der Waals surface area contributed by atoms with E-state index < -0.39 is 16.7 Å². The smallest absolute Gasteiger partial charge is 0.284 e. The predicted octanol–water partition coefficient (Wildman–Crippen LogP) is 1.51. The first-order chi connectivity index (χ1) is 12.0. The summed E-state index contributed by atoms with van der Waals surface area (Å²) in [6.45, 7) is 5.04. The maximum absolute atomic E-state index is 12.1. The highest BCUT2D eigenvalue weighted by molar-refractivity contribution is 7.85. The average molecular weight is 369 g/mol. The molecule has 0 radical (unpaired) electrons. The van der Waals surface area contributed by atoms with Gasteiger partial charge in [-0.15, -0.1) is 0 Å². The number of aliphatic imine (C=N–C) groups is 1. The topological polar surface area (TPSA) is 110 Å². The third kappa shape index (κ3) is 5.88. The Labute approximate surface area is 151 Å². The summed E-state index contributed by atoms with van der Waals surface area (Å²) < 4.78 is 17.4. The zero-order chi connectivity index (χ0) is 18.2. The van der Waals surface area contributed by atoms with Gasteiger partial charge in [-0.1, -0.05) is 13.3 Å². The number of primary amides is 1. The first-order valence-electron chi connectivity index (χ1n) is 8.84. The molecular weight excluding hydrogens is 340 g/mol. The van der Waals surface area contributed by atoms with E-state index >= 15 is 0 Å². The van der Waals surface area contributed by atoms with Crippen LogP contribution in [0.15, 0.2) is 21.5 Å². The van der Waals surface area contributed by atoms with Crippen LogP contribution in [0.2, 0.25) is 0 Å². The first kappa shape index (κ1) is 19.5. The van der Waals surface area contributed by atoms with Crippen molar-refractivity contribution in [1.82, 2.24) is 10.6 Å². The summed E-state index contributed by atoms with van der Waals surface area (Å²) in [6, 6.07) is 3.53. The number of guanidine groups is 1. The Bertz CT molecular complexity index is 629. The zero-order valence-electron chi connectivity index (χ0n) is 14.9. The summed E-state index contributed by atoms with van der Waals surface area (Å²) in [4.78, 5) is 15.6. The van der Waals surface area contributed by atoms with Crippen molar-refractivity contribution in [2.24, 2.45) is 10.7 Å². The highest BCUT2D eigenvalue weighted by Crippen LogP contribution is 2.23. The molecule has 140 valence electrons. The third-order valence-corrected chi connectivity index (χ3v) is 6.01. The number of nitrogens with one attached hydrogen (secondary N) is 2. The highest BCUT2D eigenvalue weighted by Gasteiger charge is 2.26. The van der Waals surface area contributed by atoms with Crippen LogP contribution in [0.25, 0.3) is 0 Å². The van der Waals surface area contributed by atoms with E-state index in [4.69, 9.17) is 10.2 Å². The van der Waals surface area contributed by atoms with E-state index in [1.165, 1.54) is 0 Å². The number of carbonyl (C=O) groups excluding carboxylic acids is 1. The average Bonchev–Trinajstić information content (AvgIpc) is 3.09. The minimum atomic E-state index is -0.747. The number of rotatable bonds is 7. The van der Waals surface area contributed by atoms with Crippen molar-refractivity contribution >= 4 is 22.7 Å². The molecule has 1 aliphatic rings. The summed E-state index contributed by atoms with van der Waals surface area (Å²) in [5, 5.41) is 6.92. The van der Waals surface area contributed by atoms with Crippen LogP contribution < -0.4 is 16.4 Å². The predicted molar refractivity (Wildman–Crippen MR) is 99.9 cm³/mol. The molecule has 2 rings (SSSR count). The molecule has 1 aromatic heterocycles. The molecule has 7 nitrogen and oxygen atoms in total. The fourth-order valence-corrected chi connectivity index (χ4v) is 4.36. The molecule has 1 aliphatic carbocycles. The summed E-state index contributed by atoms with van der Waals surface area (Å²) in [6.07, 6.45) is 4.06. The number of furan rings is 1. The van der Waals surface area contributed by atoms with Gasteiger partial charge >= 0.3 is 0 Å². The van der Waals surface area contributed by atoms with Gasteiger partial charge < -0.3 is 20.8 Å². The number of hydrogen-bond acceptors (Lipinski definition) is 4. The van der Waals surface area contributed by atoms with Crippen molar-refractivity contribution in [3.05, 3.63) is 23.7 Å². The molecule has 0 aromatic carbocycles. The van der Waals surface area contributed by atoms with E-state index in [-0.39, 0.29) is 17.1 Å². The van der Waals surface area contributed by atoms with Crippen molar-refractivity contribution in [2.75, 3.05) is 12.3 Å². The van der Waals surface area contributed by atoms with Crippen LogP contribution in [0.1, 0.15) is 55.8 Å². The Morgan fingerprint density at radius 3 is 2.84 bits per heavy atom. The van der Waals surface area contributed by atoms with Gasteiger partial charge in [-0.25, -0.2) is 4.99 Å². The van der Waals surface area contributed by atoms with Gasteiger partial charge in [-0.3, -0.25) is 9.00 Å². The minimum Gasteiger partial charge on any atom is -0.454 e. The molecule has 8 heteroatoms. The normalized spacial score (nSPS) is 22.4. The SMILES string of the molecule is CCNC(=NCc1ccc(C(N)=O)o1)NC1CCCC(S(=O)CC)C1. The number of nitrogens with two attached hydrogens (primary N) is 1. The summed E-state index contributed by atoms with van der Waals surface area (Å²) in [7, 11) is -0.747. The maximum Gasteiger partial charge on any atom is 0.284 e. The van der Waals surface area contributed by atoms with Gasteiger partial charge in [-0.2, -0.15) is 0 Å². The molecule has 3 unspecified atom stereocenters. The van der Waals surface area contributed by atoms with Gasteiger partial charge in [0.15, 0.2) is 11.7 Å². The molecular formula is C17H28N4O3S. The van der Waals surface area contributed by atoms with Gasteiger partial charge in [0.2, 0.25) is 0 Å². The number of hydrogen-bond donors (Lipinski definition) is 3. The number of nitrogens with zero attached hydrogens (tertiary/aromatic N) is 1. The van der Waals surface area contributed by atoms with Crippen molar-refractivity contribution in [1.29, 1.82) is 0 Å². The molecule has 1 heterocycles. The lowest BCUT2D eigenvalue weighted by Crippen LogP contribution is -2.46. The second kappa shape index (κ2) is 9.60. The summed E-state index contributed by atoms with van der Waals surface area (Å²) in [5.41, 5.74) is 5.19. The molecule has 1 fully saturated rings. The van der Waals surface area contributed by atoms with Crippen LogP contribution in [-0.4, -0.2) is 39.7 Å². The molecule has 4 N–H and O–H groups in total. The lowest BCUT2D eigenvalue weighted by Gasteiger charge is -2.30. The van der Waals surface area contributed by atoms with Crippen molar-refractivity contribution in [3.8, 4) is 0 Å². The molecule has 1 amide bonds. The molecule has 0 saturated heterocycles. The third-order valence-electron chi connectivity index (χ3n) is 4.26. The Morgan fingerprint density at radius 1 is 1.40 bits per heavy atom. The monoisotopic (exact) mass is 368 g/mol. The summed E-state index contributed by atoms with van der Waals surface area (Å²) in [5.74, 6) is 1.55. The van der Waals surface area contributed by atoms with E-state index in [1.54, 1.807) is 12.1 Å². The Kier molecular flexibility index (Phi) is 7.49. The van der Waals surface area contributed by atoms with E-state index in [1.807, 2.05) is 13.8 Å². The fraction of sp³-hybridized carbons (Fsp3) is 0.647. The molecule has 25 heavy (non-hydrogen) atoms. The standard InChI is InChI=1S/C17H28N4O3S/c1-3-19-17(20-11-13-8-9-15(24-13)16(18)22)21-12-6-5-7-14(10-12)25(23)4-2/h8-9,12,14H,3-7,10-11H2,1-2H3,(H2,18,22)(H2,19,20,21). The zero-order valence-corrected chi connectivity index (χ0v) is 15.7. The molecule has 3 atom stereocenters. The van der Waals surface area contributed by atoms with Gasteiger partial charge in [0.25, 0.3) is 5.91 Å². The van der Waals surface area contributed by atoms with Crippen LogP contribution in [0.4, 0.5) is 0 Å². The van der Waals surface area contributed by atoms with Crippen LogP contribution >= 0.6 is 0 Å². The lowest BCUT2D eigenvalue weighted by molar-refractivity contribution is 0.0972. The largest absolute Gasteiger partial charge is 0.454 e. The van der Waals surface area contributed by atoms with Crippen LogP contribution in [-0.2, 0) is 17.3 Å². The Hall–Kier alpha value is -1.83. The molecule has 1 saturated carbocycles. The fourth-order valence-electron chi connectivity index (χ4n) is 3.02. The Morgan fingerprint density at radius 2 is 2.20 bits per heavy atom. The quantitative estimate of drug-likeness (QED) is 0.499. The molecule has 0 spiro atoms. The second-order valence-electron chi connectivity index (χ2n) is 6.12. The van der Waals surface area contributed by atoms with Crippen LogP contribution in [0, 0.1) is 0 Å². The van der Waals surface area contributed by atoms with Gasteiger partial charge in [0.1, 0.15) is 12.3 Å². The van der Waals surface area contributed by atoms with Crippen molar-refractivity contribution in [2.45, 2.75) is 57.4 Å². The second-order valence-corrected chi connectivity index (χ2v) is 8.13. The van der Waals surface area contributed by atoms with Gasteiger partial charge in [0.05, 0.1) is 0 Å². The minimum absolute atomic E-state index is 0.139. The van der Waals surface area contributed by atoms with Crippen LogP contribution in [0.5, 0.6) is 0 Å². The van der Waals surface area contributed by atoms with Crippen LogP contribution in [0.3, 0.4) is 0 Å². The number of amides is 1. The van der Waals surface area contributed by atoms with E-state index in [0.717, 1.165) is 32.2 Å². The molecule has 0 bridgehead atoms. The van der Waals surface area contributed by atoms with Gasteiger partial charge in [-0.05, 0) is 38.3 Å². The van der Waals surface area contributed by atoms with Gasteiger partial charge in [0, 0.05) is 34.4 Å². The van der Waals surface area contributed by atoms with E-state index in [2.05, 4.69) is 15.6 Å². The first-order valence-corrected chi connectivity index (χ1v) is 10.2. The van der Waals surface area contributed by atoms with E-state index in [0.29, 0.717) is 24.0 Å².